The van der Waals surface area contributed by atoms with Gasteiger partial charge in [-0.05, 0) is 0 Å². The first kappa shape index (κ1) is 9.27. The number of hydrogen-bond acceptors (Lipinski definition) is 4. The van der Waals surface area contributed by atoms with Gasteiger partial charge in [0.25, 0.3) is 0 Å². The maximum absolute atomic E-state index is 8.67. The molecule has 0 saturated heterocycles. The average molecular weight is 137 g/mol. The first-order valence-electron chi connectivity index (χ1n) is 0.848. The molecule has 0 aromatic carbocycles. The summed E-state index contributed by atoms with van der Waals surface area (Å²) in [6, 6.07) is 0. The first-order valence-corrected chi connectivity index (χ1v) is 1.31. The molecule has 6 heavy (non-hydrogen) atoms. The van der Waals surface area contributed by atoms with Gasteiger partial charge < -0.3 is 0 Å². The van der Waals surface area contributed by atoms with Gasteiger partial charge in [-0.25, -0.2) is 0 Å². The summed E-state index contributed by atoms with van der Waals surface area (Å²) in [5.41, 5.74) is 0. The van der Waals surface area contributed by atoms with Crippen molar-refractivity contribution in [1.82, 2.24) is 0 Å². The first-order chi connectivity index (χ1) is 2.73. The molecule has 0 aliphatic rings. The number of nitrogens with two attached hydrogens (primary N) is 2. The van der Waals surface area contributed by atoms with Gasteiger partial charge in [-0.2, -0.15) is 0 Å². The van der Waals surface area contributed by atoms with Crippen molar-refractivity contribution >= 4 is 0 Å². The molecule has 0 radical (unpaired) electrons. The zero-order chi connectivity index (χ0) is 5.58. The third-order valence-corrected chi connectivity index (χ3v) is 0. The monoisotopic (exact) mass is 137 g/mol. The molecule has 40 valence electrons. The van der Waals surface area contributed by atoms with E-state index < -0.39 is 3.97 Å². The predicted molar refractivity (Wildman–Crippen MR) is 15.4 cm³/mol. The number of hydrogen-bond donors (Lipinski definition) is 2. The molecule has 0 heterocycles. The van der Waals surface area contributed by atoms with Crippen molar-refractivity contribution in [1.29, 1.82) is 0 Å². The number of nitro groups is 1. The van der Waals surface area contributed by atoms with Crippen molar-refractivity contribution < 1.29 is 19.9 Å². The Hall–Kier alpha value is -0.174. The van der Waals surface area contributed by atoms with Crippen molar-refractivity contribution in [2.45, 2.75) is 0 Å². The summed E-state index contributed by atoms with van der Waals surface area (Å²) < 4.78 is -0.812. The summed E-state index contributed by atoms with van der Waals surface area (Å²) in [7, 11) is 0. The molecule has 6 heteroatoms. The van der Waals surface area contributed by atoms with Gasteiger partial charge in [0.05, 0.1) is 0 Å². The van der Waals surface area contributed by atoms with Crippen LogP contribution in [0.25, 0.3) is 0 Å². The molecule has 0 aromatic heterocycles. The fraction of sp³-hybridized carbons (Fsp3) is 0. The molecule has 0 saturated carbocycles. The van der Waals surface area contributed by atoms with E-state index in [2.05, 4.69) is 27.6 Å². The summed E-state index contributed by atoms with van der Waals surface area (Å²) in [4.78, 5) is 8.67. The number of rotatable bonds is 0. The van der Waals surface area contributed by atoms with E-state index >= 15 is 0 Å². The van der Waals surface area contributed by atoms with Crippen LogP contribution in [0.1, 0.15) is 0 Å². The van der Waals surface area contributed by atoms with Crippen LogP contribution in [-0.2, 0) is 16.0 Å². The van der Waals surface area contributed by atoms with Gasteiger partial charge in [-0.15, -0.1) is 0 Å². The van der Waals surface area contributed by atoms with Gasteiger partial charge in [0.1, 0.15) is 0 Å². The van der Waals surface area contributed by atoms with Crippen LogP contribution < -0.4 is 11.7 Å². The van der Waals surface area contributed by atoms with Gasteiger partial charge in [-0.3, -0.25) is 11.7 Å². The Kier molecular flexibility index (Phi) is 13.7. The summed E-state index contributed by atoms with van der Waals surface area (Å²) in [5.74, 6) is 8.00. The van der Waals surface area contributed by atoms with Crippen molar-refractivity contribution in [2.75, 3.05) is 0 Å². The van der Waals surface area contributed by atoms with Crippen molar-refractivity contribution in [2.24, 2.45) is 11.7 Å². The van der Waals surface area contributed by atoms with E-state index in [1.165, 1.54) is 0 Å². The second kappa shape index (κ2) is 8.85. The summed E-state index contributed by atoms with van der Waals surface area (Å²) in [6.45, 7) is 0. The van der Waals surface area contributed by atoms with Crippen molar-refractivity contribution in [3.05, 3.63) is 10.1 Å². The molecule has 0 aliphatic carbocycles. The van der Waals surface area contributed by atoms with Crippen molar-refractivity contribution in [3.8, 4) is 0 Å². The van der Waals surface area contributed by atoms with E-state index in [0.29, 0.717) is 0 Å². The molecule has 0 fully saturated rings. The third kappa shape index (κ3) is 1020. The van der Waals surface area contributed by atoms with Gasteiger partial charge in [-0.1, -0.05) is 0 Å². The molecule has 0 aromatic rings. The van der Waals surface area contributed by atoms with E-state index in [1.807, 2.05) is 0 Å². The minimum atomic E-state index is -0.812. The summed E-state index contributed by atoms with van der Waals surface area (Å²) in [6.07, 6.45) is 0. The molecule has 0 rings (SSSR count). The second-order valence-corrected chi connectivity index (χ2v) is 0.576. The van der Waals surface area contributed by atoms with Crippen LogP contribution in [0.5, 0.6) is 0 Å². The van der Waals surface area contributed by atoms with Crippen molar-refractivity contribution in [3.63, 3.8) is 0 Å². The second-order valence-electron chi connectivity index (χ2n) is 0.196. The zero-order valence-electron chi connectivity index (χ0n) is 2.75. The Labute approximate surface area is 42.6 Å². The van der Waals surface area contributed by atoms with Crippen LogP contribution in [0, 0.1) is 10.1 Å². The molecular weight excluding hydrogens is 133 g/mol. The standard InChI is InChI=1S/Co.H4N2.NO2/c;1-2;2-1-3/h;1-2H2;. The molecule has 0 bridgehead atoms. The fourth-order valence-corrected chi connectivity index (χ4v) is 0. The molecule has 0 atom stereocenters. The third-order valence-electron chi connectivity index (χ3n) is 0. The van der Waals surface area contributed by atoms with E-state index in [0.717, 1.165) is 0 Å². The van der Waals surface area contributed by atoms with E-state index in [4.69, 9.17) is 10.1 Å². The van der Waals surface area contributed by atoms with E-state index in [9.17, 15) is 0 Å². The van der Waals surface area contributed by atoms with Crippen LogP contribution >= 0.6 is 0 Å². The predicted octanol–water partition coefficient (Wildman–Crippen LogP) is -1.46. The molecule has 5 nitrogen and oxygen atoms in total. The number of hydrazine groups is 1. The fourth-order valence-electron chi connectivity index (χ4n) is 0. The average Bonchev–Trinajstić information content (AvgIpc) is 1.41. The summed E-state index contributed by atoms with van der Waals surface area (Å²) in [5, 5.41) is 8.67. The molecule has 0 unspecified atom stereocenters. The van der Waals surface area contributed by atoms with E-state index in [-0.39, 0.29) is 0 Å². The van der Waals surface area contributed by atoms with Gasteiger partial charge >= 0.3 is 30.0 Å². The van der Waals surface area contributed by atoms with Crippen LogP contribution in [-0.4, -0.2) is 3.97 Å². The Balaban J connectivity index is 0. The molecule has 4 N–H and O–H groups in total. The molecule has 0 aliphatic heterocycles. The minimum absolute atomic E-state index is 0.812. The van der Waals surface area contributed by atoms with Crippen LogP contribution in [0.4, 0.5) is 0 Å². The Morgan fingerprint density at radius 1 is 1.67 bits per heavy atom. The van der Waals surface area contributed by atoms with Crippen LogP contribution in [0.2, 0.25) is 0 Å². The zero-order valence-corrected chi connectivity index (χ0v) is 3.79. The Morgan fingerprint density at radius 2 is 1.67 bits per heavy atom. The Morgan fingerprint density at radius 3 is 1.67 bits per heavy atom. The van der Waals surface area contributed by atoms with Crippen LogP contribution in [0.15, 0.2) is 0 Å². The molecule has 0 spiro atoms. The Bertz CT molecular complexity index is 31.8. The SMILES string of the molecule is NN.O=[N+]([O-])[Co]. The topological polar surface area (TPSA) is 95.2 Å². The molecular formula is H4CoN3O2. The maximum atomic E-state index is 8.67. The number of nitrogens with zero attached hydrogens (tertiary/aromatic N) is 1. The van der Waals surface area contributed by atoms with Crippen LogP contribution in [0.3, 0.4) is 0 Å². The molecule has 0 amide bonds. The summed E-state index contributed by atoms with van der Waals surface area (Å²) >= 11 is 2.73. The van der Waals surface area contributed by atoms with Gasteiger partial charge in [0.15, 0.2) is 0 Å². The quantitative estimate of drug-likeness (QED) is 0.242. The normalized spacial score (nSPS) is 5.33. The van der Waals surface area contributed by atoms with E-state index in [1.54, 1.807) is 0 Å². The van der Waals surface area contributed by atoms with Gasteiger partial charge in [0, 0.05) is 0 Å². The van der Waals surface area contributed by atoms with Gasteiger partial charge in [0.2, 0.25) is 0 Å².